The summed E-state index contributed by atoms with van der Waals surface area (Å²) >= 11 is 3.52. The van der Waals surface area contributed by atoms with Gasteiger partial charge in [0, 0.05) is 22.9 Å². The van der Waals surface area contributed by atoms with Gasteiger partial charge in [-0.1, -0.05) is 22.0 Å². The van der Waals surface area contributed by atoms with Crippen LogP contribution < -0.4 is 5.32 Å². The van der Waals surface area contributed by atoms with Gasteiger partial charge in [0.1, 0.15) is 0 Å². The summed E-state index contributed by atoms with van der Waals surface area (Å²) in [5.41, 5.74) is 2.89. The number of carbonyl (C=O) groups is 1. The smallest absolute Gasteiger partial charge is 0.220 e. The third kappa shape index (κ3) is 1.67. The highest BCUT2D eigenvalue weighted by atomic mass is 79.9. The minimum atomic E-state index is 0.224. The van der Waals surface area contributed by atoms with E-state index < -0.39 is 0 Å². The SMILES string of the molecule is O=C1CC[C@H]2c3ccc(Br)cc3CC[C@@H]2N1. The molecule has 0 radical (unpaired) electrons. The van der Waals surface area contributed by atoms with Crippen LogP contribution in [0.2, 0.25) is 0 Å². The molecule has 0 saturated carbocycles. The summed E-state index contributed by atoms with van der Waals surface area (Å²) in [6.07, 6.45) is 3.85. The molecule has 84 valence electrons. The Morgan fingerprint density at radius 1 is 1.25 bits per heavy atom. The van der Waals surface area contributed by atoms with Gasteiger partial charge in [-0.15, -0.1) is 0 Å². The zero-order valence-electron chi connectivity index (χ0n) is 9.00. The fourth-order valence-corrected chi connectivity index (χ4v) is 3.38. The van der Waals surface area contributed by atoms with Crippen molar-refractivity contribution in [2.75, 3.05) is 0 Å². The Labute approximate surface area is 104 Å². The second-order valence-corrected chi connectivity index (χ2v) is 5.62. The van der Waals surface area contributed by atoms with Crippen molar-refractivity contribution in [3.05, 3.63) is 33.8 Å². The number of aryl methyl sites for hydroxylation is 1. The quantitative estimate of drug-likeness (QED) is 0.778. The lowest BCUT2D eigenvalue weighted by atomic mass is 9.75. The second kappa shape index (κ2) is 3.88. The number of carbonyl (C=O) groups excluding carboxylic acids is 1. The van der Waals surface area contributed by atoms with Crippen molar-refractivity contribution < 1.29 is 4.79 Å². The van der Waals surface area contributed by atoms with Crippen LogP contribution in [0.25, 0.3) is 0 Å². The first-order chi connectivity index (χ1) is 7.74. The molecule has 1 aliphatic carbocycles. The molecule has 1 aromatic carbocycles. The van der Waals surface area contributed by atoms with Crippen LogP contribution in [0.5, 0.6) is 0 Å². The molecular formula is C13H14BrNO. The van der Waals surface area contributed by atoms with Crippen LogP contribution >= 0.6 is 15.9 Å². The molecule has 2 atom stereocenters. The highest BCUT2D eigenvalue weighted by Crippen LogP contribution is 2.38. The first-order valence-electron chi connectivity index (χ1n) is 5.82. The Kier molecular flexibility index (Phi) is 2.51. The number of fused-ring (bicyclic) bond motifs is 3. The third-order valence-electron chi connectivity index (χ3n) is 3.74. The van der Waals surface area contributed by atoms with Gasteiger partial charge in [-0.25, -0.2) is 0 Å². The Morgan fingerprint density at radius 3 is 3.00 bits per heavy atom. The van der Waals surface area contributed by atoms with E-state index >= 15 is 0 Å². The summed E-state index contributed by atoms with van der Waals surface area (Å²) in [5, 5.41) is 3.12. The normalized spacial score (nSPS) is 27.9. The van der Waals surface area contributed by atoms with E-state index in [1.807, 2.05) is 0 Å². The maximum atomic E-state index is 11.4. The number of benzene rings is 1. The van der Waals surface area contributed by atoms with Crippen molar-refractivity contribution in [3.63, 3.8) is 0 Å². The number of hydrogen-bond donors (Lipinski definition) is 1. The summed E-state index contributed by atoms with van der Waals surface area (Å²) in [7, 11) is 0. The van der Waals surface area contributed by atoms with Gasteiger partial charge in [-0.05, 0) is 42.5 Å². The topological polar surface area (TPSA) is 29.1 Å². The molecular weight excluding hydrogens is 266 g/mol. The minimum Gasteiger partial charge on any atom is -0.353 e. The van der Waals surface area contributed by atoms with Gasteiger partial charge in [0.15, 0.2) is 0 Å². The fourth-order valence-electron chi connectivity index (χ4n) is 2.98. The van der Waals surface area contributed by atoms with Crippen LogP contribution in [0.1, 0.15) is 36.3 Å². The number of halogens is 1. The van der Waals surface area contributed by atoms with E-state index in [1.165, 1.54) is 11.1 Å². The van der Waals surface area contributed by atoms with Crippen LogP contribution in [0.3, 0.4) is 0 Å². The summed E-state index contributed by atoms with van der Waals surface area (Å²) in [6, 6.07) is 6.92. The first kappa shape index (κ1) is 10.3. The highest BCUT2D eigenvalue weighted by molar-refractivity contribution is 9.10. The van der Waals surface area contributed by atoms with Crippen molar-refractivity contribution in [2.45, 2.75) is 37.6 Å². The molecule has 1 aromatic rings. The van der Waals surface area contributed by atoms with E-state index in [1.54, 1.807) is 0 Å². The Bertz CT molecular complexity index is 444. The monoisotopic (exact) mass is 279 g/mol. The molecule has 3 heteroatoms. The van der Waals surface area contributed by atoms with Crippen LogP contribution in [0.4, 0.5) is 0 Å². The molecule has 1 saturated heterocycles. The molecule has 1 N–H and O–H groups in total. The van der Waals surface area contributed by atoms with Gasteiger partial charge in [-0.3, -0.25) is 4.79 Å². The van der Waals surface area contributed by atoms with Crippen molar-refractivity contribution in [3.8, 4) is 0 Å². The number of hydrogen-bond acceptors (Lipinski definition) is 1. The van der Waals surface area contributed by atoms with Crippen LogP contribution in [-0.2, 0) is 11.2 Å². The molecule has 0 aromatic heterocycles. The molecule has 1 fully saturated rings. The summed E-state index contributed by atoms with van der Waals surface area (Å²) in [5.74, 6) is 0.761. The Morgan fingerprint density at radius 2 is 2.12 bits per heavy atom. The zero-order chi connectivity index (χ0) is 11.1. The van der Waals surface area contributed by atoms with Crippen molar-refractivity contribution >= 4 is 21.8 Å². The maximum absolute atomic E-state index is 11.4. The molecule has 1 aliphatic heterocycles. The number of amides is 1. The van der Waals surface area contributed by atoms with Gasteiger partial charge in [-0.2, -0.15) is 0 Å². The van der Waals surface area contributed by atoms with Gasteiger partial charge >= 0.3 is 0 Å². The summed E-state index contributed by atoms with van der Waals surface area (Å²) in [4.78, 5) is 11.4. The molecule has 16 heavy (non-hydrogen) atoms. The fraction of sp³-hybridized carbons (Fsp3) is 0.462. The average Bonchev–Trinajstić information content (AvgIpc) is 2.28. The number of nitrogens with one attached hydrogen (secondary N) is 1. The molecule has 0 bridgehead atoms. The van der Waals surface area contributed by atoms with Crippen molar-refractivity contribution in [1.29, 1.82) is 0 Å². The molecule has 0 spiro atoms. The van der Waals surface area contributed by atoms with Crippen LogP contribution in [0, 0.1) is 0 Å². The first-order valence-corrected chi connectivity index (χ1v) is 6.61. The minimum absolute atomic E-state index is 0.224. The largest absolute Gasteiger partial charge is 0.353 e. The standard InChI is InChI=1S/C13H14BrNO/c14-9-2-3-10-8(7-9)1-5-12-11(10)4-6-13(16)15-12/h2-3,7,11-12H,1,4-6H2,(H,15,16)/t11-,12-/m0/s1. The third-order valence-corrected chi connectivity index (χ3v) is 4.24. The predicted molar refractivity (Wildman–Crippen MR) is 66.4 cm³/mol. The summed E-state index contributed by atoms with van der Waals surface area (Å²) in [6.45, 7) is 0. The van der Waals surface area contributed by atoms with Crippen LogP contribution in [-0.4, -0.2) is 11.9 Å². The van der Waals surface area contributed by atoms with Gasteiger partial charge in [0.25, 0.3) is 0 Å². The van der Waals surface area contributed by atoms with Crippen molar-refractivity contribution in [2.24, 2.45) is 0 Å². The average molecular weight is 280 g/mol. The predicted octanol–water partition coefficient (Wildman–Crippen LogP) is 2.76. The Hall–Kier alpha value is -0.830. The van der Waals surface area contributed by atoms with Gasteiger partial charge < -0.3 is 5.32 Å². The second-order valence-electron chi connectivity index (χ2n) is 4.70. The van der Waals surface area contributed by atoms with E-state index in [2.05, 4.69) is 39.4 Å². The molecule has 1 amide bonds. The maximum Gasteiger partial charge on any atom is 0.220 e. The number of piperidine rings is 1. The number of rotatable bonds is 0. The van der Waals surface area contributed by atoms with Crippen LogP contribution in [0.15, 0.2) is 22.7 Å². The molecule has 1 heterocycles. The van der Waals surface area contributed by atoms with E-state index in [0.717, 1.165) is 23.7 Å². The van der Waals surface area contributed by atoms with Gasteiger partial charge in [0.2, 0.25) is 5.91 Å². The molecule has 2 nitrogen and oxygen atoms in total. The van der Waals surface area contributed by atoms with E-state index in [4.69, 9.17) is 0 Å². The summed E-state index contributed by atoms with van der Waals surface area (Å²) < 4.78 is 1.16. The lowest BCUT2D eigenvalue weighted by molar-refractivity contribution is -0.123. The lowest BCUT2D eigenvalue weighted by Gasteiger charge is -2.37. The molecule has 2 aliphatic rings. The Balaban J connectivity index is 1.97. The van der Waals surface area contributed by atoms with Crippen molar-refractivity contribution in [1.82, 2.24) is 5.32 Å². The lowest BCUT2D eigenvalue weighted by Crippen LogP contribution is -2.45. The van der Waals surface area contributed by atoms with E-state index in [-0.39, 0.29) is 5.91 Å². The molecule has 3 rings (SSSR count). The van der Waals surface area contributed by atoms with Gasteiger partial charge in [0.05, 0.1) is 0 Å². The van der Waals surface area contributed by atoms with E-state index in [0.29, 0.717) is 18.4 Å². The zero-order valence-corrected chi connectivity index (χ0v) is 10.6. The highest BCUT2D eigenvalue weighted by Gasteiger charge is 2.33. The molecule has 0 unspecified atom stereocenters. The van der Waals surface area contributed by atoms with E-state index in [9.17, 15) is 4.79 Å².